The number of fused-ring (bicyclic) bond motifs is 2. The molecule has 9 heteroatoms. The van der Waals surface area contributed by atoms with Gasteiger partial charge in [0, 0.05) is 41.3 Å². The largest absolute Gasteiger partial charge is 0.497 e. The van der Waals surface area contributed by atoms with Crippen molar-refractivity contribution in [3.63, 3.8) is 0 Å². The number of amides is 2. The van der Waals surface area contributed by atoms with E-state index in [0.717, 1.165) is 17.0 Å². The molecule has 1 saturated carbocycles. The number of carbonyl (C=O) groups excluding carboxylic acids is 2. The van der Waals surface area contributed by atoms with Gasteiger partial charge in [-0.05, 0) is 68.7 Å². The van der Waals surface area contributed by atoms with Crippen molar-refractivity contribution in [1.82, 2.24) is 9.88 Å². The highest BCUT2D eigenvalue weighted by Crippen LogP contribution is 2.62. The molecule has 1 heterocycles. The molecule has 2 aliphatic rings. The highest BCUT2D eigenvalue weighted by molar-refractivity contribution is 7.15. The zero-order valence-electron chi connectivity index (χ0n) is 22.4. The molecule has 1 aromatic heterocycles. The number of aromatic nitrogens is 1. The third kappa shape index (κ3) is 4.89. The highest BCUT2D eigenvalue weighted by Gasteiger charge is 2.59. The molecular weight excluding hydrogens is 490 g/mol. The van der Waals surface area contributed by atoms with Gasteiger partial charge in [0.2, 0.25) is 5.91 Å². The quantitative estimate of drug-likeness (QED) is 0.475. The molecule has 2 aromatic rings. The summed E-state index contributed by atoms with van der Waals surface area (Å²) in [6.07, 6.45) is 1.66. The summed E-state index contributed by atoms with van der Waals surface area (Å²) in [6, 6.07) is 6.89. The lowest BCUT2D eigenvalue weighted by molar-refractivity contribution is -0.147. The maximum Gasteiger partial charge on any atom is 0.257 e. The van der Waals surface area contributed by atoms with Crippen molar-refractivity contribution in [1.29, 1.82) is 0 Å². The third-order valence-corrected chi connectivity index (χ3v) is 9.97. The number of aliphatic hydroxyl groups excluding tert-OH is 2. The molecule has 37 heavy (non-hydrogen) atoms. The SMILES string of the molecule is CCN(CC)C(=O)C[C@@H]1c2nc(NC(=O)c3ccc(OC)cc3)sc2C[C@@H]2[C@](C)(CO)[C@H](O)CC[C@]21C. The van der Waals surface area contributed by atoms with E-state index in [0.29, 0.717) is 48.8 Å². The van der Waals surface area contributed by atoms with Crippen LogP contribution in [-0.2, 0) is 11.2 Å². The normalized spacial score (nSPS) is 28.7. The standard InChI is InChI=1S/C28H39N3O5S/c1-6-31(7-2)23(34)14-19-24-20(15-21-27(19,3)13-12-22(33)28(21,4)16-32)37-26(29-24)30-25(35)17-8-10-18(36-5)11-9-17/h8-11,19,21-22,32-33H,6-7,12-16H2,1-5H3,(H,29,30,35)/t19-,21+,22-,27+,28+/m1/s1. The fourth-order valence-corrected chi connectivity index (χ4v) is 7.55. The number of aliphatic hydroxyl groups is 2. The average Bonchev–Trinajstić information content (AvgIpc) is 3.30. The second kappa shape index (κ2) is 10.7. The molecule has 1 aromatic carbocycles. The first-order chi connectivity index (χ1) is 17.6. The van der Waals surface area contributed by atoms with E-state index in [1.165, 1.54) is 11.3 Å². The van der Waals surface area contributed by atoms with Gasteiger partial charge in [-0.15, -0.1) is 11.3 Å². The van der Waals surface area contributed by atoms with Gasteiger partial charge in [0.1, 0.15) is 5.75 Å². The molecule has 8 nitrogen and oxygen atoms in total. The summed E-state index contributed by atoms with van der Waals surface area (Å²) in [5.41, 5.74) is 0.361. The summed E-state index contributed by atoms with van der Waals surface area (Å²) in [4.78, 5) is 34.0. The number of carbonyl (C=O) groups is 2. The van der Waals surface area contributed by atoms with Gasteiger partial charge in [-0.1, -0.05) is 13.8 Å². The molecule has 4 rings (SSSR count). The van der Waals surface area contributed by atoms with Gasteiger partial charge in [0.25, 0.3) is 5.91 Å². The van der Waals surface area contributed by atoms with Crippen LogP contribution in [0.1, 0.15) is 73.8 Å². The van der Waals surface area contributed by atoms with Crippen molar-refractivity contribution >= 4 is 28.3 Å². The summed E-state index contributed by atoms with van der Waals surface area (Å²) in [5.74, 6) is 0.295. The second-order valence-electron chi connectivity index (χ2n) is 10.8. The fraction of sp³-hybridized carbons (Fsp3) is 0.607. The van der Waals surface area contributed by atoms with E-state index < -0.39 is 11.5 Å². The molecule has 2 amide bonds. The molecule has 0 unspecified atom stereocenters. The van der Waals surface area contributed by atoms with E-state index in [1.807, 2.05) is 25.7 Å². The highest BCUT2D eigenvalue weighted by atomic mass is 32.1. The van der Waals surface area contributed by atoms with E-state index in [9.17, 15) is 19.8 Å². The number of ether oxygens (including phenoxy) is 1. The van der Waals surface area contributed by atoms with Gasteiger partial charge in [0.15, 0.2) is 5.13 Å². The molecule has 0 spiro atoms. The molecule has 202 valence electrons. The molecule has 0 aliphatic heterocycles. The number of hydrogen-bond acceptors (Lipinski definition) is 7. The Labute approximate surface area is 223 Å². The van der Waals surface area contributed by atoms with Crippen LogP contribution in [0.3, 0.4) is 0 Å². The summed E-state index contributed by atoms with van der Waals surface area (Å²) in [6.45, 7) is 9.27. The van der Waals surface area contributed by atoms with Crippen molar-refractivity contribution in [2.75, 3.05) is 32.1 Å². The van der Waals surface area contributed by atoms with E-state index >= 15 is 0 Å². The maximum absolute atomic E-state index is 13.3. The van der Waals surface area contributed by atoms with Gasteiger partial charge in [-0.2, -0.15) is 0 Å². The average molecular weight is 530 g/mol. The lowest BCUT2D eigenvalue weighted by Crippen LogP contribution is -2.57. The minimum atomic E-state index is -0.683. The third-order valence-electron chi connectivity index (χ3n) is 8.96. The van der Waals surface area contributed by atoms with Gasteiger partial charge in [-0.3, -0.25) is 14.9 Å². The van der Waals surface area contributed by atoms with Gasteiger partial charge in [0.05, 0.1) is 25.5 Å². The van der Waals surface area contributed by atoms with Crippen LogP contribution >= 0.6 is 11.3 Å². The molecule has 5 atom stereocenters. The van der Waals surface area contributed by atoms with Crippen LogP contribution in [-0.4, -0.2) is 64.8 Å². The number of methoxy groups -OCH3 is 1. The molecule has 2 aliphatic carbocycles. The van der Waals surface area contributed by atoms with Crippen molar-refractivity contribution in [2.45, 2.75) is 65.4 Å². The first-order valence-electron chi connectivity index (χ1n) is 13.1. The minimum Gasteiger partial charge on any atom is -0.497 e. The Morgan fingerprint density at radius 3 is 2.49 bits per heavy atom. The van der Waals surface area contributed by atoms with Crippen LogP contribution in [0.2, 0.25) is 0 Å². The minimum absolute atomic E-state index is 0.0265. The van der Waals surface area contributed by atoms with Crippen LogP contribution in [0.5, 0.6) is 5.75 Å². The van der Waals surface area contributed by atoms with Crippen molar-refractivity contribution in [2.24, 2.45) is 16.7 Å². The number of rotatable bonds is 8. The predicted octanol–water partition coefficient (Wildman–Crippen LogP) is 4.08. The first-order valence-corrected chi connectivity index (χ1v) is 13.9. The number of hydrogen-bond donors (Lipinski definition) is 3. The van der Waals surface area contributed by atoms with E-state index in [-0.39, 0.29) is 35.7 Å². The second-order valence-corrected chi connectivity index (χ2v) is 11.9. The van der Waals surface area contributed by atoms with E-state index in [4.69, 9.17) is 9.72 Å². The smallest absolute Gasteiger partial charge is 0.257 e. The van der Waals surface area contributed by atoms with Gasteiger partial charge >= 0.3 is 0 Å². The van der Waals surface area contributed by atoms with E-state index in [2.05, 4.69) is 12.2 Å². The molecule has 0 saturated heterocycles. The summed E-state index contributed by atoms with van der Waals surface area (Å²) in [7, 11) is 1.58. The van der Waals surface area contributed by atoms with Gasteiger partial charge < -0.3 is 19.8 Å². The lowest BCUT2D eigenvalue weighted by Gasteiger charge is -2.58. The fourth-order valence-electron chi connectivity index (χ4n) is 6.49. The van der Waals surface area contributed by atoms with Gasteiger partial charge in [-0.25, -0.2) is 4.98 Å². The van der Waals surface area contributed by atoms with E-state index in [1.54, 1.807) is 31.4 Å². The van der Waals surface area contributed by atoms with Crippen LogP contribution in [0.15, 0.2) is 24.3 Å². The Kier molecular flexibility index (Phi) is 7.97. The number of nitrogens with zero attached hydrogens (tertiary/aromatic N) is 2. The summed E-state index contributed by atoms with van der Waals surface area (Å²) < 4.78 is 5.18. The Morgan fingerprint density at radius 2 is 1.89 bits per heavy atom. The number of benzene rings is 1. The predicted molar refractivity (Wildman–Crippen MR) is 144 cm³/mol. The zero-order chi connectivity index (χ0) is 27.0. The molecule has 1 fully saturated rings. The Morgan fingerprint density at radius 1 is 1.22 bits per heavy atom. The van der Waals surface area contributed by atoms with Crippen LogP contribution in [0.25, 0.3) is 0 Å². The van der Waals surface area contributed by atoms with Crippen LogP contribution < -0.4 is 10.1 Å². The Bertz CT molecular complexity index is 1130. The Balaban J connectivity index is 1.70. The topological polar surface area (TPSA) is 112 Å². The molecule has 0 bridgehead atoms. The number of nitrogens with one attached hydrogen (secondary N) is 1. The number of thiazole rings is 1. The van der Waals surface area contributed by atoms with Crippen molar-refractivity contribution in [3.05, 3.63) is 40.4 Å². The van der Waals surface area contributed by atoms with Crippen LogP contribution in [0.4, 0.5) is 5.13 Å². The van der Waals surface area contributed by atoms with Crippen LogP contribution in [0, 0.1) is 16.7 Å². The monoisotopic (exact) mass is 529 g/mol. The summed E-state index contributed by atoms with van der Waals surface area (Å²) >= 11 is 1.43. The lowest BCUT2D eigenvalue weighted by atomic mass is 9.47. The van der Waals surface area contributed by atoms with Crippen molar-refractivity contribution in [3.8, 4) is 5.75 Å². The first kappa shape index (κ1) is 27.5. The maximum atomic E-state index is 13.3. The molecular formula is C28H39N3O5S. The zero-order valence-corrected chi connectivity index (χ0v) is 23.2. The summed E-state index contributed by atoms with van der Waals surface area (Å²) in [5, 5.41) is 24.8. The molecule has 3 N–H and O–H groups in total. The number of anilines is 1. The van der Waals surface area contributed by atoms with Crippen molar-refractivity contribution < 1.29 is 24.5 Å². The molecule has 0 radical (unpaired) electrons. The Hall–Kier alpha value is -2.49.